The average Bonchev–Trinajstić information content (AvgIpc) is 3.35. The number of nitrogens with one attached hydrogen (secondary N) is 1. The maximum Gasteiger partial charge on any atom is 0.220 e. The molecular formula is C19H19BrN6O4. The van der Waals surface area contributed by atoms with Crippen LogP contribution in [0.2, 0.25) is 0 Å². The second-order valence-corrected chi connectivity index (χ2v) is 8.38. The second kappa shape index (κ2) is 7.27. The van der Waals surface area contributed by atoms with Gasteiger partial charge in [-0.2, -0.15) is 0 Å². The van der Waals surface area contributed by atoms with Gasteiger partial charge in [0.1, 0.15) is 24.1 Å². The lowest BCUT2D eigenvalue weighted by molar-refractivity contribution is -0.177. The Morgan fingerprint density at radius 3 is 3.07 bits per heavy atom. The molecule has 2 aliphatic heterocycles. The minimum absolute atomic E-state index is 0.110. The molecule has 11 heteroatoms. The highest BCUT2D eigenvalue weighted by Crippen LogP contribution is 2.47. The third-order valence-corrected chi connectivity index (χ3v) is 5.96. The zero-order chi connectivity index (χ0) is 20.9. The molecule has 2 aliphatic rings. The molecule has 0 radical (unpaired) electrons. The van der Waals surface area contributed by atoms with Crippen LogP contribution in [0.1, 0.15) is 18.2 Å². The molecule has 0 saturated carbocycles. The van der Waals surface area contributed by atoms with Gasteiger partial charge in [0.05, 0.1) is 19.4 Å². The first-order valence-electron chi connectivity index (χ1n) is 9.38. The van der Waals surface area contributed by atoms with Crippen molar-refractivity contribution in [3.05, 3.63) is 47.0 Å². The molecule has 30 heavy (non-hydrogen) atoms. The molecule has 2 bridgehead atoms. The number of hydrogen-bond donors (Lipinski definition) is 3. The van der Waals surface area contributed by atoms with Crippen molar-refractivity contribution in [2.75, 3.05) is 11.9 Å². The van der Waals surface area contributed by atoms with Gasteiger partial charge in [0.15, 0.2) is 23.2 Å². The molecule has 1 amide bonds. The fourth-order valence-electron chi connectivity index (χ4n) is 4.07. The predicted octanol–water partition coefficient (Wildman–Crippen LogP) is 1.10. The molecular weight excluding hydrogens is 456 g/mol. The molecule has 10 nitrogen and oxygen atoms in total. The van der Waals surface area contributed by atoms with E-state index in [1.807, 2.05) is 24.3 Å². The first-order chi connectivity index (χ1) is 14.5. The number of ether oxygens (including phenoxy) is 2. The summed E-state index contributed by atoms with van der Waals surface area (Å²) >= 11 is 3.46. The number of carbonyl (C=O) groups is 1. The minimum Gasteiger partial charge on any atom is -0.387 e. The van der Waals surface area contributed by atoms with E-state index in [4.69, 9.17) is 15.2 Å². The number of imidazole rings is 1. The van der Waals surface area contributed by atoms with E-state index in [0.717, 1.165) is 10.0 Å². The first-order valence-corrected chi connectivity index (χ1v) is 10.2. The summed E-state index contributed by atoms with van der Waals surface area (Å²) < 4.78 is 14.5. The molecule has 0 aliphatic carbocycles. The largest absolute Gasteiger partial charge is 0.387 e. The number of nitrogens with two attached hydrogens (primary N) is 1. The van der Waals surface area contributed by atoms with Crippen LogP contribution >= 0.6 is 15.9 Å². The Labute approximate surface area is 179 Å². The summed E-state index contributed by atoms with van der Waals surface area (Å²) in [5, 5.41) is 13.9. The molecule has 3 aromatic rings. The molecule has 2 aromatic heterocycles. The van der Waals surface area contributed by atoms with Crippen LogP contribution in [-0.4, -0.2) is 54.9 Å². The van der Waals surface area contributed by atoms with Crippen molar-refractivity contribution in [1.29, 1.82) is 0 Å². The fraction of sp³-hybridized carbons (Fsp3) is 0.368. The van der Waals surface area contributed by atoms with Gasteiger partial charge in [-0.25, -0.2) is 15.0 Å². The van der Waals surface area contributed by atoms with E-state index < -0.39 is 29.9 Å². The second-order valence-electron chi connectivity index (χ2n) is 7.47. The monoisotopic (exact) mass is 474 g/mol. The third-order valence-electron chi connectivity index (χ3n) is 5.46. The summed E-state index contributed by atoms with van der Waals surface area (Å²) in [7, 11) is 0. The Hall–Kier alpha value is -2.60. The zero-order valence-electron chi connectivity index (χ0n) is 15.7. The molecule has 4 atom stereocenters. The number of halogens is 1. The van der Waals surface area contributed by atoms with Crippen molar-refractivity contribution in [3.63, 3.8) is 0 Å². The van der Waals surface area contributed by atoms with E-state index in [0.29, 0.717) is 23.5 Å². The Morgan fingerprint density at radius 1 is 1.40 bits per heavy atom. The molecule has 2 saturated heterocycles. The van der Waals surface area contributed by atoms with Crippen molar-refractivity contribution in [3.8, 4) is 0 Å². The number of primary amides is 1. The molecule has 0 unspecified atom stereocenters. The van der Waals surface area contributed by atoms with E-state index in [1.165, 1.54) is 6.33 Å². The summed E-state index contributed by atoms with van der Waals surface area (Å²) in [5.41, 5.74) is 6.38. The number of aliphatic hydroxyl groups is 1. The Morgan fingerprint density at radius 2 is 2.27 bits per heavy atom. The van der Waals surface area contributed by atoms with Gasteiger partial charge >= 0.3 is 0 Å². The summed E-state index contributed by atoms with van der Waals surface area (Å²) in [6.45, 7) is 0.670. The molecule has 5 rings (SSSR count). The van der Waals surface area contributed by atoms with Crippen molar-refractivity contribution >= 4 is 38.8 Å². The Balaban J connectivity index is 1.42. The lowest BCUT2D eigenvalue weighted by atomic mass is 9.95. The lowest BCUT2D eigenvalue weighted by Gasteiger charge is -2.30. The maximum absolute atomic E-state index is 11.5. The van der Waals surface area contributed by atoms with E-state index in [2.05, 4.69) is 36.2 Å². The van der Waals surface area contributed by atoms with E-state index in [9.17, 15) is 9.90 Å². The number of rotatable bonds is 6. The van der Waals surface area contributed by atoms with E-state index in [1.54, 1.807) is 10.9 Å². The van der Waals surface area contributed by atoms with Crippen LogP contribution in [0.3, 0.4) is 0 Å². The molecule has 2 fully saturated rings. The molecule has 4 N–H and O–H groups in total. The summed E-state index contributed by atoms with van der Waals surface area (Å²) in [6.07, 6.45) is 0.600. The summed E-state index contributed by atoms with van der Waals surface area (Å²) in [6, 6.07) is 7.95. The topological polar surface area (TPSA) is 137 Å². The number of aliphatic hydroxyl groups excluding tert-OH is 1. The number of carbonyl (C=O) groups excluding carboxylic acids is 1. The number of nitrogens with zero attached hydrogens (tertiary/aromatic N) is 4. The van der Waals surface area contributed by atoms with Gasteiger partial charge in [-0.05, 0) is 17.7 Å². The standard InChI is InChI=1S/C19H19BrN6O4/c20-11-3-1-2-10(4-11)6-22-16-13-17(24-8-23-16)26(9-25-13)18-14-15(28)19(30-18,7-29-14)5-12(21)27/h1-4,8-9,14-15,18,28H,5-7H2,(H2,21,27)(H,22,23,24)/t14-,15+,18-,19+/m1/s1. The minimum atomic E-state index is -1.15. The molecule has 156 valence electrons. The maximum atomic E-state index is 11.5. The van der Waals surface area contributed by atoms with Gasteiger partial charge in [0.25, 0.3) is 0 Å². The van der Waals surface area contributed by atoms with Crippen molar-refractivity contribution in [1.82, 2.24) is 19.5 Å². The highest BCUT2D eigenvalue weighted by molar-refractivity contribution is 9.10. The van der Waals surface area contributed by atoms with Crippen LogP contribution in [0.4, 0.5) is 5.82 Å². The van der Waals surface area contributed by atoms with Gasteiger partial charge in [-0.3, -0.25) is 9.36 Å². The van der Waals surface area contributed by atoms with Gasteiger partial charge in [0, 0.05) is 11.0 Å². The Kier molecular flexibility index (Phi) is 4.69. The van der Waals surface area contributed by atoms with E-state index >= 15 is 0 Å². The van der Waals surface area contributed by atoms with Crippen molar-refractivity contribution in [2.24, 2.45) is 5.73 Å². The van der Waals surface area contributed by atoms with Crippen LogP contribution in [0.15, 0.2) is 41.4 Å². The van der Waals surface area contributed by atoms with Crippen LogP contribution < -0.4 is 11.1 Å². The quantitative estimate of drug-likeness (QED) is 0.482. The zero-order valence-corrected chi connectivity index (χ0v) is 17.3. The van der Waals surface area contributed by atoms with E-state index in [-0.39, 0.29) is 13.0 Å². The molecule has 4 heterocycles. The number of benzene rings is 1. The third kappa shape index (κ3) is 3.14. The first kappa shape index (κ1) is 19.4. The number of anilines is 1. The highest BCUT2D eigenvalue weighted by atomic mass is 79.9. The number of hydrogen-bond acceptors (Lipinski definition) is 8. The number of amides is 1. The molecule has 1 aromatic carbocycles. The van der Waals surface area contributed by atoms with Gasteiger partial charge < -0.3 is 25.6 Å². The summed E-state index contributed by atoms with van der Waals surface area (Å²) in [5.74, 6) is 0.0194. The Bertz CT molecular complexity index is 1120. The fourth-order valence-corrected chi connectivity index (χ4v) is 4.52. The smallest absolute Gasteiger partial charge is 0.220 e. The van der Waals surface area contributed by atoms with Gasteiger partial charge in [-0.1, -0.05) is 28.1 Å². The van der Waals surface area contributed by atoms with Crippen LogP contribution in [0, 0.1) is 0 Å². The van der Waals surface area contributed by atoms with Gasteiger partial charge in [0.2, 0.25) is 5.91 Å². The van der Waals surface area contributed by atoms with Crippen LogP contribution in [0.5, 0.6) is 0 Å². The van der Waals surface area contributed by atoms with Crippen LogP contribution in [-0.2, 0) is 20.8 Å². The summed E-state index contributed by atoms with van der Waals surface area (Å²) in [4.78, 5) is 24.6. The molecule has 0 spiro atoms. The van der Waals surface area contributed by atoms with Gasteiger partial charge in [-0.15, -0.1) is 0 Å². The highest BCUT2D eigenvalue weighted by Gasteiger charge is 2.62. The van der Waals surface area contributed by atoms with Crippen LogP contribution in [0.25, 0.3) is 11.2 Å². The van der Waals surface area contributed by atoms with Crippen molar-refractivity contribution in [2.45, 2.75) is 37.0 Å². The van der Waals surface area contributed by atoms with Crippen molar-refractivity contribution < 1.29 is 19.4 Å². The normalized spacial score (nSPS) is 27.6. The lowest BCUT2D eigenvalue weighted by Crippen LogP contribution is -2.44. The SMILES string of the molecule is NC(=O)C[C@@]12CO[C@@H]([C@H](n3cnc4c(NCc5cccc(Br)c5)ncnc43)O1)[C@@H]2O. The number of fused-ring (bicyclic) bond motifs is 3. The average molecular weight is 475 g/mol. The predicted molar refractivity (Wildman–Crippen MR) is 109 cm³/mol. The number of aromatic nitrogens is 4.